The van der Waals surface area contributed by atoms with Crippen LogP contribution in [0.1, 0.15) is 12.6 Å². The van der Waals surface area contributed by atoms with Crippen molar-refractivity contribution in [3.8, 4) is 0 Å². The van der Waals surface area contributed by atoms with Gasteiger partial charge in [-0.1, -0.05) is 18.7 Å². The first kappa shape index (κ1) is 14.8. The zero-order valence-electron chi connectivity index (χ0n) is 11.0. The zero-order valence-corrected chi connectivity index (χ0v) is 11.8. The number of nitrogens with zero attached hydrogens (tertiary/aromatic N) is 4. The van der Waals surface area contributed by atoms with Gasteiger partial charge in [0, 0.05) is 7.05 Å². The molecule has 0 bridgehead atoms. The first-order valence-corrected chi connectivity index (χ1v) is 6.97. The summed E-state index contributed by atoms with van der Waals surface area (Å²) in [5, 5.41) is 13.2. The lowest BCUT2D eigenvalue weighted by molar-refractivity contribution is -0.133. The van der Waals surface area contributed by atoms with Gasteiger partial charge in [-0.25, -0.2) is 13.8 Å². The summed E-state index contributed by atoms with van der Waals surface area (Å²) in [7, 11) is 1.66. The quantitative estimate of drug-likeness (QED) is 0.823. The third-order valence-electron chi connectivity index (χ3n) is 2.74. The minimum absolute atomic E-state index is 0.221. The molecule has 2 heterocycles. The summed E-state index contributed by atoms with van der Waals surface area (Å²) in [6.45, 7) is 1.37. The molecule has 0 aliphatic carbocycles. The molecule has 2 rings (SSSR count). The number of halogens is 2. The summed E-state index contributed by atoms with van der Waals surface area (Å²) >= 11 is 0.933. The fourth-order valence-corrected chi connectivity index (χ4v) is 2.72. The Balaban J connectivity index is 2.51. The molecule has 0 fully saturated rings. The molecule has 9 heteroatoms. The van der Waals surface area contributed by atoms with Crippen LogP contribution in [0.2, 0.25) is 0 Å². The van der Waals surface area contributed by atoms with E-state index in [-0.39, 0.29) is 10.9 Å². The molecular weight excluding hydrogens is 290 g/mol. The molecule has 0 radical (unpaired) electrons. The highest BCUT2D eigenvalue weighted by Gasteiger charge is 2.21. The molecule has 0 unspecified atom stereocenters. The third-order valence-corrected chi connectivity index (χ3v) is 3.70. The molecule has 0 aromatic carbocycles. The number of hydrogen-bond acceptors (Lipinski definition) is 4. The van der Waals surface area contributed by atoms with Crippen LogP contribution in [0.15, 0.2) is 5.16 Å². The van der Waals surface area contributed by atoms with Crippen LogP contribution in [0.4, 0.5) is 8.78 Å². The summed E-state index contributed by atoms with van der Waals surface area (Å²) in [5.74, 6) is -1.24. The largest absolute Gasteiger partial charge is 0.481 e. The minimum atomic E-state index is -2.54. The van der Waals surface area contributed by atoms with Gasteiger partial charge in [0.25, 0.3) is 6.43 Å². The van der Waals surface area contributed by atoms with Crippen molar-refractivity contribution in [2.24, 2.45) is 7.05 Å². The number of thioether (sulfide) groups is 1. The molecular formula is C11H14F2N4O2S. The van der Waals surface area contributed by atoms with Gasteiger partial charge in [-0.05, 0) is 6.42 Å². The second kappa shape index (κ2) is 5.78. The molecule has 0 saturated carbocycles. The molecule has 6 nitrogen and oxygen atoms in total. The predicted molar refractivity (Wildman–Crippen MR) is 70.2 cm³/mol. The van der Waals surface area contributed by atoms with Crippen molar-refractivity contribution in [1.29, 1.82) is 0 Å². The minimum Gasteiger partial charge on any atom is -0.481 e. The van der Waals surface area contributed by atoms with E-state index in [4.69, 9.17) is 5.11 Å². The highest BCUT2D eigenvalue weighted by Crippen LogP contribution is 2.27. The number of carbonyl (C=O) groups is 1. The molecule has 20 heavy (non-hydrogen) atoms. The van der Waals surface area contributed by atoms with Crippen LogP contribution >= 0.6 is 11.8 Å². The molecule has 110 valence electrons. The highest BCUT2D eigenvalue weighted by atomic mass is 32.2. The van der Waals surface area contributed by atoms with Crippen molar-refractivity contribution >= 4 is 28.9 Å². The summed E-state index contributed by atoms with van der Waals surface area (Å²) in [6.07, 6.45) is -1.91. The maximum Gasteiger partial charge on any atom is 0.313 e. The van der Waals surface area contributed by atoms with E-state index in [1.165, 1.54) is 9.25 Å². The number of carboxylic acid groups (broad SMARTS) is 1. The van der Waals surface area contributed by atoms with E-state index in [0.717, 1.165) is 11.8 Å². The van der Waals surface area contributed by atoms with Crippen LogP contribution in [0.25, 0.3) is 11.2 Å². The second-order valence-electron chi connectivity index (χ2n) is 4.17. The van der Waals surface area contributed by atoms with Crippen LogP contribution in [0, 0.1) is 0 Å². The number of fused-ring (bicyclic) bond motifs is 1. The van der Waals surface area contributed by atoms with E-state index in [1.54, 1.807) is 7.05 Å². The Morgan fingerprint density at radius 1 is 1.50 bits per heavy atom. The Hall–Kier alpha value is -1.64. The van der Waals surface area contributed by atoms with Crippen LogP contribution < -0.4 is 0 Å². The average molecular weight is 304 g/mol. The second-order valence-corrected chi connectivity index (χ2v) is 5.12. The molecule has 0 atom stereocenters. The number of alkyl halides is 2. The smallest absolute Gasteiger partial charge is 0.313 e. The fourth-order valence-electron chi connectivity index (χ4n) is 2.00. The van der Waals surface area contributed by atoms with Gasteiger partial charge in [0.1, 0.15) is 5.52 Å². The Kier molecular flexibility index (Phi) is 4.26. The molecule has 0 aliphatic rings. The number of hydrogen-bond donors (Lipinski definition) is 1. The average Bonchev–Trinajstić information content (AvgIpc) is 2.85. The monoisotopic (exact) mass is 304 g/mol. The van der Waals surface area contributed by atoms with E-state index in [0.29, 0.717) is 23.3 Å². The standard InChI is InChI=1S/C11H14F2N4O2S/c1-3-6-9-10(16(2)15-6)17(4-7(12)13)11(14-9)20-5-8(18)19/h7H,3-5H2,1-2H3,(H,18,19). The van der Waals surface area contributed by atoms with Gasteiger partial charge in [-0.3, -0.25) is 14.0 Å². The molecule has 0 saturated heterocycles. The van der Waals surface area contributed by atoms with Crippen molar-refractivity contribution in [2.45, 2.75) is 31.5 Å². The van der Waals surface area contributed by atoms with Crippen LogP contribution in [0.5, 0.6) is 0 Å². The number of aliphatic carboxylic acids is 1. The van der Waals surface area contributed by atoms with Crippen molar-refractivity contribution in [2.75, 3.05) is 5.75 Å². The Bertz CT molecular complexity index is 638. The van der Waals surface area contributed by atoms with Crippen LogP contribution in [-0.4, -0.2) is 42.6 Å². The Morgan fingerprint density at radius 3 is 2.75 bits per heavy atom. The van der Waals surface area contributed by atoms with E-state index in [9.17, 15) is 13.6 Å². The van der Waals surface area contributed by atoms with E-state index >= 15 is 0 Å². The summed E-state index contributed by atoms with van der Waals surface area (Å²) < 4.78 is 28.3. The van der Waals surface area contributed by atoms with E-state index in [1.807, 2.05) is 6.92 Å². The topological polar surface area (TPSA) is 72.9 Å². The maximum atomic E-state index is 12.7. The van der Waals surface area contributed by atoms with Crippen LogP contribution in [0.3, 0.4) is 0 Å². The zero-order chi connectivity index (χ0) is 14.9. The van der Waals surface area contributed by atoms with Gasteiger partial charge in [-0.15, -0.1) is 0 Å². The van der Waals surface area contributed by atoms with Gasteiger partial charge < -0.3 is 5.11 Å². The lowest BCUT2D eigenvalue weighted by Crippen LogP contribution is -2.11. The van der Waals surface area contributed by atoms with Crippen molar-refractivity contribution in [3.63, 3.8) is 0 Å². The summed E-state index contributed by atoms with van der Waals surface area (Å²) in [6, 6.07) is 0. The van der Waals surface area contributed by atoms with Crippen LogP contribution in [-0.2, 0) is 24.8 Å². The molecule has 0 amide bonds. The van der Waals surface area contributed by atoms with Gasteiger partial charge in [0.05, 0.1) is 18.0 Å². The van der Waals surface area contributed by atoms with Gasteiger partial charge in [0.15, 0.2) is 10.8 Å². The number of carboxylic acids is 1. The van der Waals surface area contributed by atoms with Gasteiger partial charge in [-0.2, -0.15) is 5.10 Å². The van der Waals surface area contributed by atoms with E-state index in [2.05, 4.69) is 10.1 Å². The molecule has 0 aliphatic heterocycles. The summed E-state index contributed by atoms with van der Waals surface area (Å²) in [4.78, 5) is 14.9. The fraction of sp³-hybridized carbons (Fsp3) is 0.545. The maximum absolute atomic E-state index is 12.7. The summed E-state index contributed by atoms with van der Waals surface area (Å²) in [5.41, 5.74) is 1.77. The Morgan fingerprint density at radius 2 is 2.20 bits per heavy atom. The first-order chi connectivity index (χ1) is 9.43. The molecule has 0 spiro atoms. The first-order valence-electron chi connectivity index (χ1n) is 5.98. The highest BCUT2D eigenvalue weighted by molar-refractivity contribution is 7.99. The number of imidazole rings is 1. The van der Waals surface area contributed by atoms with Crippen molar-refractivity contribution < 1.29 is 18.7 Å². The molecule has 2 aromatic heterocycles. The number of rotatable bonds is 6. The SMILES string of the molecule is CCc1nn(C)c2c1nc(SCC(=O)O)n2CC(F)F. The normalized spacial score (nSPS) is 11.7. The Labute approximate surface area is 117 Å². The lowest BCUT2D eigenvalue weighted by Gasteiger charge is -2.07. The molecule has 1 N–H and O–H groups in total. The molecule has 2 aromatic rings. The van der Waals surface area contributed by atoms with Crippen molar-refractivity contribution in [3.05, 3.63) is 5.69 Å². The van der Waals surface area contributed by atoms with E-state index < -0.39 is 18.9 Å². The third kappa shape index (κ3) is 2.77. The number of aryl methyl sites for hydroxylation is 2. The predicted octanol–water partition coefficient (Wildman–Crippen LogP) is 1.77. The van der Waals surface area contributed by atoms with Crippen molar-refractivity contribution in [1.82, 2.24) is 19.3 Å². The lowest BCUT2D eigenvalue weighted by atomic mass is 10.3. The van der Waals surface area contributed by atoms with Gasteiger partial charge >= 0.3 is 5.97 Å². The van der Waals surface area contributed by atoms with Gasteiger partial charge in [0.2, 0.25) is 0 Å². The number of aromatic nitrogens is 4.